The Balaban J connectivity index is 1.61. The first-order valence-corrected chi connectivity index (χ1v) is 6.03. The Morgan fingerprint density at radius 1 is 1.40 bits per heavy atom. The van der Waals surface area contributed by atoms with Crippen LogP contribution in [-0.2, 0) is 0 Å². The summed E-state index contributed by atoms with van der Waals surface area (Å²) in [6, 6.07) is 0.704. The van der Waals surface area contributed by atoms with Crippen molar-refractivity contribution >= 4 is 6.03 Å². The molecule has 1 aliphatic carbocycles. The van der Waals surface area contributed by atoms with Crippen LogP contribution in [0.5, 0.6) is 0 Å². The average molecular weight is 211 g/mol. The van der Waals surface area contributed by atoms with Gasteiger partial charge in [-0.1, -0.05) is 0 Å². The van der Waals surface area contributed by atoms with Crippen molar-refractivity contribution < 1.29 is 4.79 Å². The fourth-order valence-corrected chi connectivity index (χ4v) is 2.08. The largest absolute Gasteiger partial charge is 0.335 e. The monoisotopic (exact) mass is 211 g/mol. The maximum atomic E-state index is 11.4. The van der Waals surface area contributed by atoms with Gasteiger partial charge in [0.2, 0.25) is 0 Å². The number of hydrogen-bond acceptors (Lipinski definition) is 2. The molecule has 1 saturated heterocycles. The van der Waals surface area contributed by atoms with Crippen LogP contribution < -0.4 is 10.6 Å². The summed E-state index contributed by atoms with van der Waals surface area (Å²) in [5.41, 5.74) is 0. The number of nitrogens with zero attached hydrogens (tertiary/aromatic N) is 1. The zero-order valence-corrected chi connectivity index (χ0v) is 9.46. The number of rotatable bonds is 4. The molecule has 0 aromatic heterocycles. The first kappa shape index (κ1) is 10.7. The van der Waals surface area contributed by atoms with Gasteiger partial charge in [0.25, 0.3) is 0 Å². The number of carbonyl (C=O) groups excluding carboxylic acids is 1. The lowest BCUT2D eigenvalue weighted by Gasteiger charge is -2.21. The Hall–Kier alpha value is -0.770. The summed E-state index contributed by atoms with van der Waals surface area (Å²) in [6.07, 6.45) is 4.91. The molecule has 15 heavy (non-hydrogen) atoms. The highest BCUT2D eigenvalue weighted by molar-refractivity contribution is 5.74. The lowest BCUT2D eigenvalue weighted by Crippen LogP contribution is -2.46. The third-order valence-corrected chi connectivity index (χ3v) is 3.02. The van der Waals surface area contributed by atoms with Gasteiger partial charge < -0.3 is 15.5 Å². The highest BCUT2D eigenvalue weighted by Gasteiger charge is 2.24. The molecule has 2 N–H and O–H groups in total. The van der Waals surface area contributed by atoms with Crippen molar-refractivity contribution in [2.45, 2.75) is 44.7 Å². The number of likely N-dealkylation sites (tertiary alicyclic amines) is 1. The van der Waals surface area contributed by atoms with Crippen LogP contribution >= 0.6 is 0 Å². The molecule has 1 saturated carbocycles. The van der Waals surface area contributed by atoms with Crippen LogP contribution in [0.1, 0.15) is 32.6 Å². The fourth-order valence-electron chi connectivity index (χ4n) is 2.08. The van der Waals surface area contributed by atoms with Crippen LogP contribution in [0.2, 0.25) is 0 Å². The van der Waals surface area contributed by atoms with E-state index in [2.05, 4.69) is 22.5 Å². The van der Waals surface area contributed by atoms with Crippen LogP contribution in [0.15, 0.2) is 0 Å². The van der Waals surface area contributed by atoms with Gasteiger partial charge in [0.15, 0.2) is 0 Å². The predicted molar refractivity (Wildman–Crippen MR) is 59.8 cm³/mol. The van der Waals surface area contributed by atoms with Crippen molar-refractivity contribution in [2.24, 2.45) is 0 Å². The van der Waals surface area contributed by atoms with Crippen LogP contribution in [0, 0.1) is 0 Å². The third kappa shape index (κ3) is 3.70. The van der Waals surface area contributed by atoms with E-state index in [-0.39, 0.29) is 12.1 Å². The van der Waals surface area contributed by atoms with E-state index in [0.717, 1.165) is 19.4 Å². The summed E-state index contributed by atoms with van der Waals surface area (Å²) in [7, 11) is 0. The van der Waals surface area contributed by atoms with Crippen molar-refractivity contribution in [3.05, 3.63) is 0 Å². The summed E-state index contributed by atoms with van der Waals surface area (Å²) in [5, 5.41) is 5.93. The molecule has 86 valence electrons. The smallest absolute Gasteiger partial charge is 0.315 e. The topological polar surface area (TPSA) is 44.4 Å². The van der Waals surface area contributed by atoms with E-state index in [1.807, 2.05) is 0 Å². The molecule has 2 aliphatic rings. The Bertz CT molecular complexity index is 222. The summed E-state index contributed by atoms with van der Waals surface area (Å²) < 4.78 is 0. The summed E-state index contributed by atoms with van der Waals surface area (Å²) in [5.74, 6) is 0. The van der Waals surface area contributed by atoms with Gasteiger partial charge in [-0.2, -0.15) is 0 Å². The fraction of sp³-hybridized carbons (Fsp3) is 0.909. The molecule has 2 rings (SSSR count). The summed E-state index contributed by atoms with van der Waals surface area (Å²) >= 11 is 0. The molecule has 0 radical (unpaired) electrons. The Labute approximate surface area is 91.4 Å². The van der Waals surface area contributed by atoms with Crippen LogP contribution in [-0.4, -0.2) is 42.6 Å². The van der Waals surface area contributed by atoms with Gasteiger partial charge in [-0.15, -0.1) is 0 Å². The molecule has 0 spiro atoms. The number of nitrogens with one attached hydrogen (secondary N) is 2. The molecule has 0 aromatic rings. The normalized spacial score (nSPS) is 23.8. The molecule has 0 aromatic carbocycles. The summed E-state index contributed by atoms with van der Waals surface area (Å²) in [4.78, 5) is 13.9. The minimum Gasteiger partial charge on any atom is -0.335 e. The van der Waals surface area contributed by atoms with Crippen molar-refractivity contribution in [1.29, 1.82) is 0 Å². The molecule has 1 heterocycles. The van der Waals surface area contributed by atoms with Crippen molar-refractivity contribution in [3.63, 3.8) is 0 Å². The number of hydrogen-bond donors (Lipinski definition) is 2. The lowest BCUT2D eigenvalue weighted by molar-refractivity contribution is 0.231. The maximum Gasteiger partial charge on any atom is 0.315 e. The predicted octanol–water partition coefficient (Wildman–Crippen LogP) is 0.932. The van der Waals surface area contributed by atoms with Crippen LogP contribution in [0.4, 0.5) is 4.79 Å². The van der Waals surface area contributed by atoms with Crippen LogP contribution in [0.3, 0.4) is 0 Å². The van der Waals surface area contributed by atoms with Gasteiger partial charge in [0.1, 0.15) is 0 Å². The second-order valence-electron chi connectivity index (χ2n) is 4.80. The molecule has 0 bridgehead atoms. The van der Waals surface area contributed by atoms with E-state index in [1.165, 1.54) is 25.9 Å². The molecule has 2 fully saturated rings. The first-order valence-electron chi connectivity index (χ1n) is 6.03. The van der Waals surface area contributed by atoms with Gasteiger partial charge in [0, 0.05) is 18.6 Å². The molecule has 4 nitrogen and oxygen atoms in total. The van der Waals surface area contributed by atoms with E-state index in [1.54, 1.807) is 0 Å². The quantitative estimate of drug-likeness (QED) is 0.726. The average Bonchev–Trinajstić information content (AvgIpc) is 2.80. The van der Waals surface area contributed by atoms with Gasteiger partial charge >= 0.3 is 6.03 Å². The molecule has 2 amide bonds. The highest BCUT2D eigenvalue weighted by atomic mass is 16.2. The number of carbonyl (C=O) groups is 1. The van der Waals surface area contributed by atoms with Gasteiger partial charge in [-0.05, 0) is 45.7 Å². The maximum absolute atomic E-state index is 11.4. The SMILES string of the molecule is CC(CN1CCCC1)NC(=O)NC1CC1. The van der Waals surface area contributed by atoms with Crippen LogP contribution in [0.25, 0.3) is 0 Å². The van der Waals surface area contributed by atoms with E-state index in [4.69, 9.17) is 0 Å². The minimum absolute atomic E-state index is 0.00389. The van der Waals surface area contributed by atoms with E-state index < -0.39 is 0 Å². The van der Waals surface area contributed by atoms with E-state index in [9.17, 15) is 4.79 Å². The number of urea groups is 1. The molecule has 4 heteroatoms. The van der Waals surface area contributed by atoms with Gasteiger partial charge in [0.05, 0.1) is 0 Å². The van der Waals surface area contributed by atoms with E-state index >= 15 is 0 Å². The second-order valence-corrected chi connectivity index (χ2v) is 4.80. The minimum atomic E-state index is 0.00389. The second kappa shape index (κ2) is 4.84. The summed E-state index contributed by atoms with van der Waals surface area (Å²) in [6.45, 7) is 5.44. The van der Waals surface area contributed by atoms with Gasteiger partial charge in [-0.3, -0.25) is 0 Å². The Morgan fingerprint density at radius 3 is 2.67 bits per heavy atom. The zero-order chi connectivity index (χ0) is 10.7. The molecule has 1 aliphatic heterocycles. The third-order valence-electron chi connectivity index (χ3n) is 3.02. The zero-order valence-electron chi connectivity index (χ0n) is 9.46. The lowest BCUT2D eigenvalue weighted by atomic mass is 10.3. The first-order chi connectivity index (χ1) is 7.24. The molecular weight excluding hydrogens is 190 g/mol. The number of amides is 2. The highest BCUT2D eigenvalue weighted by Crippen LogP contribution is 2.18. The van der Waals surface area contributed by atoms with Gasteiger partial charge in [-0.25, -0.2) is 4.79 Å². The molecule has 1 unspecified atom stereocenters. The Kier molecular flexibility index (Phi) is 3.46. The standard InChI is InChI=1S/C11H21N3O/c1-9(8-14-6-2-3-7-14)12-11(15)13-10-4-5-10/h9-10H,2-8H2,1H3,(H2,12,13,15). The van der Waals surface area contributed by atoms with Crippen molar-refractivity contribution in [1.82, 2.24) is 15.5 Å². The van der Waals surface area contributed by atoms with Crippen molar-refractivity contribution in [3.8, 4) is 0 Å². The van der Waals surface area contributed by atoms with E-state index in [0.29, 0.717) is 6.04 Å². The molecule has 1 atom stereocenters. The Morgan fingerprint density at radius 2 is 2.07 bits per heavy atom. The molecular formula is C11H21N3O. The van der Waals surface area contributed by atoms with Crippen molar-refractivity contribution in [2.75, 3.05) is 19.6 Å².